The van der Waals surface area contributed by atoms with Gasteiger partial charge < -0.3 is 15.3 Å². The second-order valence-electron chi connectivity index (χ2n) is 9.37. The molecule has 1 aliphatic heterocycles. The smallest absolute Gasteiger partial charge is 0.233 e. The molecule has 180 valence electrons. The van der Waals surface area contributed by atoms with E-state index in [1.165, 1.54) is 4.90 Å². The van der Waals surface area contributed by atoms with Crippen molar-refractivity contribution in [2.45, 2.75) is 65.4 Å². The molecule has 1 aromatic carbocycles. The predicted octanol–water partition coefficient (Wildman–Crippen LogP) is 4.06. The number of rotatable bonds is 10. The molecule has 3 rings (SSSR count). The number of benzene rings is 1. The molecule has 1 aliphatic carbocycles. The van der Waals surface area contributed by atoms with Crippen LogP contribution in [0.1, 0.15) is 64.9 Å². The number of phenols is 1. The van der Waals surface area contributed by atoms with Crippen molar-refractivity contribution >= 4 is 17.9 Å². The Morgan fingerprint density at radius 2 is 1.91 bits per heavy atom. The van der Waals surface area contributed by atoms with Crippen LogP contribution in [0.15, 0.2) is 41.0 Å². The van der Waals surface area contributed by atoms with Crippen molar-refractivity contribution < 1.29 is 24.9 Å². The zero-order valence-electron chi connectivity index (χ0n) is 20.0. The molecule has 2 amide bonds. The molecule has 4 atom stereocenters. The summed E-state index contributed by atoms with van der Waals surface area (Å²) in [5.74, 6) is -1.67. The first-order valence-electron chi connectivity index (χ1n) is 12.1. The van der Waals surface area contributed by atoms with E-state index in [0.29, 0.717) is 32.2 Å². The molecule has 33 heavy (non-hydrogen) atoms. The van der Waals surface area contributed by atoms with Crippen molar-refractivity contribution in [3.05, 3.63) is 46.5 Å². The second-order valence-corrected chi connectivity index (χ2v) is 9.37. The average Bonchev–Trinajstić information content (AvgIpc) is 3.03. The Labute approximate surface area is 196 Å². The van der Waals surface area contributed by atoms with Crippen molar-refractivity contribution in [2.75, 3.05) is 13.2 Å². The summed E-state index contributed by atoms with van der Waals surface area (Å²) in [5, 5.41) is 31.5. The topological polar surface area (TPSA) is 98.1 Å². The Balaban J connectivity index is 1.83. The zero-order valence-corrected chi connectivity index (χ0v) is 20.0. The van der Waals surface area contributed by atoms with E-state index < -0.39 is 23.9 Å². The monoisotopic (exact) mass is 455 g/mol. The highest BCUT2D eigenvalue weighted by Gasteiger charge is 2.54. The Morgan fingerprint density at radius 3 is 2.55 bits per heavy atom. The largest absolute Gasteiger partial charge is 0.507 e. The lowest BCUT2D eigenvalue weighted by molar-refractivity contribution is -0.140. The van der Waals surface area contributed by atoms with E-state index in [-0.39, 0.29) is 24.2 Å². The van der Waals surface area contributed by atoms with Gasteiger partial charge in [0, 0.05) is 18.0 Å². The highest BCUT2D eigenvalue weighted by molar-refractivity contribution is 6.05. The van der Waals surface area contributed by atoms with E-state index in [9.17, 15) is 24.9 Å². The number of carbonyl (C=O) groups is 2. The van der Waals surface area contributed by atoms with Gasteiger partial charge in [-0.1, -0.05) is 55.7 Å². The van der Waals surface area contributed by atoms with Gasteiger partial charge in [-0.2, -0.15) is 0 Å². The standard InChI is InChI=1S/C27H37NO5/c1-4-8-19-15-20-25(27(33)28(13-5-2)26(20)32)21(16-29)24(19)23(31)12-11-17(3)14-18-9-6-7-10-22(18)30/h6-7,9-10,14,20-21,23,25,29-31H,4-5,8,11-13,15-16H2,1-3H3/b17-14+/t20-,21+,23-,25-/m1/s1. The van der Waals surface area contributed by atoms with Crippen LogP contribution in [0.3, 0.4) is 0 Å². The molecule has 1 saturated heterocycles. The molecule has 1 aromatic rings. The summed E-state index contributed by atoms with van der Waals surface area (Å²) >= 11 is 0. The number of fused-ring (bicyclic) bond motifs is 1. The summed E-state index contributed by atoms with van der Waals surface area (Å²) in [6, 6.07) is 7.11. The number of carbonyl (C=O) groups excluding carboxylic acids is 2. The third-order valence-corrected chi connectivity index (χ3v) is 6.98. The van der Waals surface area contributed by atoms with Gasteiger partial charge in [-0.3, -0.25) is 14.5 Å². The molecule has 0 saturated carbocycles. The van der Waals surface area contributed by atoms with Crippen LogP contribution in [0, 0.1) is 17.8 Å². The van der Waals surface area contributed by atoms with Gasteiger partial charge in [0.2, 0.25) is 11.8 Å². The fourth-order valence-corrected chi connectivity index (χ4v) is 5.47. The van der Waals surface area contributed by atoms with Crippen LogP contribution >= 0.6 is 0 Å². The molecule has 1 fully saturated rings. The number of imide groups is 1. The van der Waals surface area contributed by atoms with E-state index >= 15 is 0 Å². The van der Waals surface area contributed by atoms with Gasteiger partial charge in [-0.15, -0.1) is 0 Å². The molecule has 6 heteroatoms. The second kappa shape index (κ2) is 11.1. The van der Waals surface area contributed by atoms with Crippen LogP contribution < -0.4 is 0 Å². The Hall–Kier alpha value is -2.44. The zero-order chi connectivity index (χ0) is 24.1. The van der Waals surface area contributed by atoms with Crippen molar-refractivity contribution in [3.8, 4) is 5.75 Å². The van der Waals surface area contributed by atoms with Crippen molar-refractivity contribution in [3.63, 3.8) is 0 Å². The molecule has 0 bridgehead atoms. The highest BCUT2D eigenvalue weighted by Crippen LogP contribution is 2.47. The Kier molecular flexibility index (Phi) is 8.49. The van der Waals surface area contributed by atoms with Gasteiger partial charge in [0.05, 0.1) is 24.5 Å². The maximum atomic E-state index is 13.1. The minimum absolute atomic E-state index is 0.131. The number of para-hydroxylation sites is 1. The maximum absolute atomic E-state index is 13.1. The number of phenolic OH excluding ortho intramolecular Hbond substituents is 1. The number of hydrogen-bond acceptors (Lipinski definition) is 5. The van der Waals surface area contributed by atoms with Gasteiger partial charge in [-0.05, 0) is 50.7 Å². The van der Waals surface area contributed by atoms with Crippen LogP contribution in [0.5, 0.6) is 5.75 Å². The molecule has 0 unspecified atom stereocenters. The molecule has 0 aromatic heterocycles. The normalized spacial score (nSPS) is 24.5. The molecular formula is C27H37NO5. The molecule has 0 spiro atoms. The fraction of sp³-hybridized carbons (Fsp3) is 0.556. The van der Waals surface area contributed by atoms with Crippen molar-refractivity contribution in [1.29, 1.82) is 0 Å². The molecule has 0 radical (unpaired) electrons. The number of amides is 2. The minimum Gasteiger partial charge on any atom is -0.507 e. The number of nitrogens with zero attached hydrogens (tertiary/aromatic N) is 1. The fourth-order valence-electron chi connectivity index (χ4n) is 5.47. The van der Waals surface area contributed by atoms with E-state index in [1.54, 1.807) is 12.1 Å². The van der Waals surface area contributed by atoms with Gasteiger partial charge in [0.15, 0.2) is 0 Å². The van der Waals surface area contributed by atoms with E-state index in [0.717, 1.165) is 35.1 Å². The van der Waals surface area contributed by atoms with Crippen LogP contribution in [0.2, 0.25) is 0 Å². The number of aliphatic hydroxyl groups excluding tert-OH is 2. The quantitative estimate of drug-likeness (QED) is 0.365. The number of allylic oxidation sites excluding steroid dienone is 2. The van der Waals surface area contributed by atoms with Gasteiger partial charge in [0.25, 0.3) is 0 Å². The summed E-state index contributed by atoms with van der Waals surface area (Å²) in [4.78, 5) is 27.4. The van der Waals surface area contributed by atoms with Crippen LogP contribution in [-0.2, 0) is 9.59 Å². The van der Waals surface area contributed by atoms with E-state index in [1.807, 2.05) is 32.1 Å². The first kappa shape index (κ1) is 25.2. The summed E-state index contributed by atoms with van der Waals surface area (Å²) in [7, 11) is 0. The summed E-state index contributed by atoms with van der Waals surface area (Å²) < 4.78 is 0. The highest BCUT2D eigenvalue weighted by atomic mass is 16.3. The lowest BCUT2D eigenvalue weighted by Gasteiger charge is -2.36. The van der Waals surface area contributed by atoms with Gasteiger partial charge in [0.1, 0.15) is 5.75 Å². The maximum Gasteiger partial charge on any atom is 0.233 e. The molecule has 1 heterocycles. The molecule has 2 aliphatic rings. The van der Waals surface area contributed by atoms with Crippen LogP contribution in [0.25, 0.3) is 6.08 Å². The van der Waals surface area contributed by atoms with Crippen LogP contribution in [-0.4, -0.2) is 51.3 Å². The van der Waals surface area contributed by atoms with Gasteiger partial charge >= 0.3 is 0 Å². The number of hydrogen-bond donors (Lipinski definition) is 3. The molecular weight excluding hydrogens is 418 g/mol. The third kappa shape index (κ3) is 5.22. The van der Waals surface area contributed by atoms with Crippen LogP contribution in [0.4, 0.5) is 0 Å². The van der Waals surface area contributed by atoms with Crippen molar-refractivity contribution in [2.24, 2.45) is 17.8 Å². The lowest BCUT2D eigenvalue weighted by Crippen LogP contribution is -2.39. The molecule has 6 nitrogen and oxygen atoms in total. The molecule has 3 N–H and O–H groups in total. The van der Waals surface area contributed by atoms with E-state index in [2.05, 4.69) is 6.92 Å². The van der Waals surface area contributed by atoms with E-state index in [4.69, 9.17) is 0 Å². The number of likely N-dealkylation sites (tertiary alicyclic amines) is 1. The summed E-state index contributed by atoms with van der Waals surface area (Å²) in [5.41, 5.74) is 3.53. The number of aromatic hydroxyl groups is 1. The van der Waals surface area contributed by atoms with Gasteiger partial charge in [-0.25, -0.2) is 0 Å². The van der Waals surface area contributed by atoms with Crippen molar-refractivity contribution in [1.82, 2.24) is 4.90 Å². The summed E-state index contributed by atoms with van der Waals surface area (Å²) in [6.07, 6.45) is 4.98. The summed E-state index contributed by atoms with van der Waals surface area (Å²) in [6.45, 7) is 6.10. The third-order valence-electron chi connectivity index (χ3n) is 6.98. The number of aliphatic hydroxyl groups is 2. The first-order valence-corrected chi connectivity index (χ1v) is 12.1. The lowest BCUT2D eigenvalue weighted by atomic mass is 9.67. The minimum atomic E-state index is -0.791. The Morgan fingerprint density at radius 1 is 1.18 bits per heavy atom. The SMILES string of the molecule is CCCC1=C([C@H](O)CC/C(C)=C/c2ccccc2O)[C@H](CO)[C@@H]2C(=O)N(CCC)C(=O)[C@@H]2C1. The first-order chi connectivity index (χ1) is 15.8. The average molecular weight is 456 g/mol. The predicted molar refractivity (Wildman–Crippen MR) is 128 cm³/mol. The Bertz CT molecular complexity index is 934.